The molecule has 25 heavy (non-hydrogen) atoms. The molecule has 0 bridgehead atoms. The molecular formula is C20H19NO4. The van der Waals surface area contributed by atoms with Gasteiger partial charge in [-0.1, -0.05) is 12.1 Å². The molecule has 1 aliphatic rings. The van der Waals surface area contributed by atoms with E-state index in [-0.39, 0.29) is 18.4 Å². The van der Waals surface area contributed by atoms with Crippen molar-refractivity contribution >= 4 is 16.9 Å². The standard InChI is InChI=1S/C20H19NO4/c1-24-13-5-6-14-12(11-25-19(14)10-13)9-20(23)21-17-8-7-16-15(17)3-2-4-18(16)22/h2-6,10-11,17,22H,7-9H2,1H3,(H,21,23). The van der Waals surface area contributed by atoms with Gasteiger partial charge in [-0.05, 0) is 42.2 Å². The van der Waals surface area contributed by atoms with Gasteiger partial charge >= 0.3 is 0 Å². The first-order valence-corrected chi connectivity index (χ1v) is 8.30. The van der Waals surface area contributed by atoms with Crippen LogP contribution in [-0.2, 0) is 17.6 Å². The lowest BCUT2D eigenvalue weighted by Crippen LogP contribution is -2.28. The largest absolute Gasteiger partial charge is 0.508 e. The molecule has 1 amide bonds. The highest BCUT2D eigenvalue weighted by Crippen LogP contribution is 2.36. The Hall–Kier alpha value is -2.95. The lowest BCUT2D eigenvalue weighted by molar-refractivity contribution is -0.121. The summed E-state index contributed by atoms with van der Waals surface area (Å²) in [5.41, 5.74) is 3.51. The first-order chi connectivity index (χ1) is 12.2. The minimum Gasteiger partial charge on any atom is -0.508 e. The molecule has 128 valence electrons. The van der Waals surface area contributed by atoms with Gasteiger partial charge in [-0.15, -0.1) is 0 Å². The zero-order valence-electron chi connectivity index (χ0n) is 13.9. The van der Waals surface area contributed by atoms with Crippen molar-refractivity contribution in [2.24, 2.45) is 0 Å². The van der Waals surface area contributed by atoms with Gasteiger partial charge in [-0.2, -0.15) is 0 Å². The van der Waals surface area contributed by atoms with Gasteiger partial charge in [0.15, 0.2) is 0 Å². The second-order valence-corrected chi connectivity index (χ2v) is 6.30. The summed E-state index contributed by atoms with van der Waals surface area (Å²) in [6, 6.07) is 11.0. The van der Waals surface area contributed by atoms with E-state index in [1.54, 1.807) is 19.4 Å². The Morgan fingerprint density at radius 2 is 2.24 bits per heavy atom. The van der Waals surface area contributed by atoms with Crippen LogP contribution < -0.4 is 10.1 Å². The highest BCUT2D eigenvalue weighted by molar-refractivity contribution is 5.88. The van der Waals surface area contributed by atoms with Crippen LogP contribution in [0.2, 0.25) is 0 Å². The van der Waals surface area contributed by atoms with Crippen LogP contribution in [-0.4, -0.2) is 18.1 Å². The number of carbonyl (C=O) groups is 1. The summed E-state index contributed by atoms with van der Waals surface area (Å²) in [6.07, 6.45) is 3.46. The number of ether oxygens (including phenoxy) is 1. The van der Waals surface area contributed by atoms with Crippen molar-refractivity contribution < 1.29 is 19.1 Å². The summed E-state index contributed by atoms with van der Waals surface area (Å²) < 4.78 is 10.7. The van der Waals surface area contributed by atoms with E-state index in [2.05, 4.69) is 5.32 Å². The molecule has 5 heteroatoms. The number of carbonyl (C=O) groups excluding carboxylic acids is 1. The summed E-state index contributed by atoms with van der Waals surface area (Å²) in [5, 5.41) is 13.9. The fraction of sp³-hybridized carbons (Fsp3) is 0.250. The van der Waals surface area contributed by atoms with E-state index in [1.165, 1.54) is 0 Å². The molecule has 1 heterocycles. The van der Waals surface area contributed by atoms with E-state index in [0.717, 1.165) is 40.7 Å². The zero-order chi connectivity index (χ0) is 17.4. The zero-order valence-corrected chi connectivity index (χ0v) is 13.9. The topological polar surface area (TPSA) is 71.7 Å². The van der Waals surface area contributed by atoms with E-state index in [4.69, 9.17) is 9.15 Å². The van der Waals surface area contributed by atoms with Gasteiger partial charge < -0.3 is 19.6 Å². The second kappa shape index (κ2) is 6.16. The maximum atomic E-state index is 12.5. The lowest BCUT2D eigenvalue weighted by atomic mass is 10.1. The molecule has 4 rings (SSSR count). The van der Waals surface area contributed by atoms with Gasteiger partial charge in [0.1, 0.15) is 17.1 Å². The van der Waals surface area contributed by atoms with Crippen molar-refractivity contribution in [2.75, 3.05) is 7.11 Å². The summed E-state index contributed by atoms with van der Waals surface area (Å²) >= 11 is 0. The molecule has 1 unspecified atom stereocenters. The Morgan fingerprint density at radius 3 is 3.08 bits per heavy atom. The lowest BCUT2D eigenvalue weighted by Gasteiger charge is -2.14. The predicted molar refractivity (Wildman–Crippen MR) is 93.8 cm³/mol. The normalized spacial score (nSPS) is 16.0. The molecule has 0 fully saturated rings. The number of nitrogens with one attached hydrogen (secondary N) is 1. The number of methoxy groups -OCH3 is 1. The highest BCUT2D eigenvalue weighted by atomic mass is 16.5. The predicted octanol–water partition coefficient (Wildman–Crippen LogP) is 3.49. The van der Waals surface area contributed by atoms with Crippen molar-refractivity contribution in [3.63, 3.8) is 0 Å². The SMILES string of the molecule is COc1ccc2c(CC(=O)NC3CCc4c(O)cccc43)coc2c1. The number of benzene rings is 2. The van der Waals surface area contributed by atoms with E-state index in [1.807, 2.05) is 30.3 Å². The Bertz CT molecular complexity index is 944. The average molecular weight is 337 g/mol. The Kier molecular flexibility index (Phi) is 3.84. The van der Waals surface area contributed by atoms with Crippen molar-refractivity contribution in [1.82, 2.24) is 5.32 Å². The minimum atomic E-state index is -0.0558. The maximum absolute atomic E-state index is 12.5. The number of hydrogen-bond acceptors (Lipinski definition) is 4. The van der Waals surface area contributed by atoms with Crippen LogP contribution in [0.3, 0.4) is 0 Å². The fourth-order valence-corrected chi connectivity index (χ4v) is 3.53. The van der Waals surface area contributed by atoms with Crippen LogP contribution in [0.5, 0.6) is 11.5 Å². The van der Waals surface area contributed by atoms with Gasteiger partial charge in [-0.3, -0.25) is 4.79 Å². The molecule has 0 radical (unpaired) electrons. The number of fused-ring (bicyclic) bond motifs is 2. The highest BCUT2D eigenvalue weighted by Gasteiger charge is 2.26. The molecular weight excluding hydrogens is 318 g/mol. The molecule has 1 aliphatic carbocycles. The number of aromatic hydroxyl groups is 1. The molecule has 0 spiro atoms. The smallest absolute Gasteiger partial charge is 0.225 e. The van der Waals surface area contributed by atoms with Gasteiger partial charge in [-0.25, -0.2) is 0 Å². The monoisotopic (exact) mass is 337 g/mol. The number of rotatable bonds is 4. The maximum Gasteiger partial charge on any atom is 0.225 e. The number of amides is 1. The average Bonchev–Trinajstić information content (AvgIpc) is 3.20. The summed E-state index contributed by atoms with van der Waals surface area (Å²) in [7, 11) is 1.61. The van der Waals surface area contributed by atoms with Crippen LogP contribution in [0.1, 0.15) is 29.2 Å². The van der Waals surface area contributed by atoms with Crippen LogP contribution in [0.25, 0.3) is 11.0 Å². The molecule has 1 atom stereocenters. The molecule has 0 saturated carbocycles. The molecule has 5 nitrogen and oxygen atoms in total. The third-order valence-corrected chi connectivity index (χ3v) is 4.80. The van der Waals surface area contributed by atoms with Crippen molar-refractivity contribution in [2.45, 2.75) is 25.3 Å². The first kappa shape index (κ1) is 15.6. The molecule has 2 aromatic carbocycles. The van der Waals surface area contributed by atoms with E-state index in [9.17, 15) is 9.90 Å². The Labute approximate surface area is 145 Å². The molecule has 3 aromatic rings. The fourth-order valence-electron chi connectivity index (χ4n) is 3.53. The van der Waals surface area contributed by atoms with Crippen LogP contribution in [0.4, 0.5) is 0 Å². The van der Waals surface area contributed by atoms with Gasteiger partial charge in [0.25, 0.3) is 0 Å². The number of phenolic OH excluding ortho intramolecular Hbond substituents is 1. The van der Waals surface area contributed by atoms with Crippen LogP contribution in [0, 0.1) is 0 Å². The molecule has 0 aliphatic heterocycles. The van der Waals surface area contributed by atoms with Crippen LogP contribution >= 0.6 is 0 Å². The Balaban J connectivity index is 1.50. The Morgan fingerprint density at radius 1 is 1.36 bits per heavy atom. The van der Waals surface area contributed by atoms with Crippen molar-refractivity contribution in [3.05, 3.63) is 59.4 Å². The van der Waals surface area contributed by atoms with Gasteiger partial charge in [0, 0.05) is 17.0 Å². The summed E-state index contributed by atoms with van der Waals surface area (Å²) in [5.74, 6) is 0.976. The van der Waals surface area contributed by atoms with E-state index in [0.29, 0.717) is 11.3 Å². The van der Waals surface area contributed by atoms with Crippen LogP contribution in [0.15, 0.2) is 47.1 Å². The molecule has 1 aromatic heterocycles. The molecule has 0 saturated heterocycles. The van der Waals surface area contributed by atoms with Gasteiger partial charge in [0.05, 0.1) is 25.8 Å². The summed E-state index contributed by atoms with van der Waals surface area (Å²) in [6.45, 7) is 0. The quantitative estimate of drug-likeness (QED) is 0.764. The van der Waals surface area contributed by atoms with Gasteiger partial charge in [0.2, 0.25) is 5.91 Å². The van der Waals surface area contributed by atoms with E-state index < -0.39 is 0 Å². The number of furan rings is 1. The third kappa shape index (κ3) is 2.82. The van der Waals surface area contributed by atoms with Crippen molar-refractivity contribution in [3.8, 4) is 11.5 Å². The second-order valence-electron chi connectivity index (χ2n) is 6.30. The number of hydrogen-bond donors (Lipinski definition) is 2. The molecule has 2 N–H and O–H groups in total. The first-order valence-electron chi connectivity index (χ1n) is 8.30. The number of phenols is 1. The van der Waals surface area contributed by atoms with E-state index >= 15 is 0 Å². The van der Waals surface area contributed by atoms with Crippen molar-refractivity contribution in [1.29, 1.82) is 0 Å². The summed E-state index contributed by atoms with van der Waals surface area (Å²) in [4.78, 5) is 12.5. The minimum absolute atomic E-state index is 0.0483. The third-order valence-electron chi connectivity index (χ3n) is 4.80.